The van der Waals surface area contributed by atoms with Gasteiger partial charge in [-0.3, -0.25) is 4.79 Å². The van der Waals surface area contributed by atoms with Crippen LogP contribution in [-0.2, 0) is 3.79 Å². The molecule has 0 saturated carbocycles. The van der Waals surface area contributed by atoms with Crippen LogP contribution in [0.25, 0.3) is 10.9 Å². The summed E-state index contributed by atoms with van der Waals surface area (Å²) in [5.74, 6) is 0.0342. The smallest absolute Gasteiger partial charge is 0.258 e. The maximum Gasteiger partial charge on any atom is 0.258 e. The number of aromatic nitrogens is 2. The Morgan fingerprint density at radius 2 is 1.88 bits per heavy atom. The molecule has 0 spiro atoms. The van der Waals surface area contributed by atoms with E-state index in [9.17, 15) is 4.79 Å². The van der Waals surface area contributed by atoms with Crippen LogP contribution in [0.1, 0.15) is 17.0 Å². The summed E-state index contributed by atoms with van der Waals surface area (Å²) in [6.07, 6.45) is 0. The van der Waals surface area contributed by atoms with E-state index in [0.29, 0.717) is 10.9 Å². The van der Waals surface area contributed by atoms with Gasteiger partial charge in [0.15, 0.2) is 5.82 Å². The molecule has 0 radical (unpaired) electrons. The molecule has 1 aromatic carbocycles. The van der Waals surface area contributed by atoms with Crippen LogP contribution in [0, 0.1) is 13.8 Å². The molecule has 0 atom stereocenters. The van der Waals surface area contributed by atoms with Gasteiger partial charge in [0.2, 0.25) is 3.79 Å². The Labute approximate surface area is 113 Å². The number of halogens is 3. The van der Waals surface area contributed by atoms with E-state index in [2.05, 4.69) is 9.97 Å². The van der Waals surface area contributed by atoms with Crippen LogP contribution in [0.4, 0.5) is 0 Å². The van der Waals surface area contributed by atoms with Gasteiger partial charge in [-0.2, -0.15) is 0 Å². The molecular formula is C11H9Cl3N2O. The van der Waals surface area contributed by atoms with Gasteiger partial charge in [-0.15, -0.1) is 0 Å². The Hall–Kier alpha value is -0.770. The molecule has 1 heterocycles. The Balaban J connectivity index is 2.88. The number of aromatic amines is 1. The lowest BCUT2D eigenvalue weighted by Crippen LogP contribution is -2.17. The van der Waals surface area contributed by atoms with Crippen LogP contribution in [0.5, 0.6) is 0 Å². The standard InChI is InChI=1S/C11H9Cl3N2O/c1-5-3-6(2)8-7(4-5)9(17)16-10(15-8)11(12,13)14/h3-4H,1-2H3,(H,15,16,17). The van der Waals surface area contributed by atoms with Crippen LogP contribution in [-0.4, -0.2) is 9.97 Å². The Morgan fingerprint density at radius 3 is 2.47 bits per heavy atom. The molecule has 0 unspecified atom stereocenters. The lowest BCUT2D eigenvalue weighted by Gasteiger charge is -2.11. The van der Waals surface area contributed by atoms with E-state index in [0.717, 1.165) is 11.1 Å². The summed E-state index contributed by atoms with van der Waals surface area (Å²) in [4.78, 5) is 18.6. The molecule has 0 saturated heterocycles. The maximum atomic E-state index is 11.9. The SMILES string of the molecule is Cc1cc(C)c2nc(C(Cl)(Cl)Cl)[nH]c(=O)c2c1. The van der Waals surface area contributed by atoms with E-state index in [1.54, 1.807) is 6.07 Å². The van der Waals surface area contributed by atoms with Gasteiger partial charge in [0, 0.05) is 0 Å². The van der Waals surface area contributed by atoms with E-state index >= 15 is 0 Å². The largest absolute Gasteiger partial charge is 0.306 e. The van der Waals surface area contributed by atoms with Crippen molar-refractivity contribution in [2.75, 3.05) is 0 Å². The van der Waals surface area contributed by atoms with Gasteiger partial charge in [-0.1, -0.05) is 40.9 Å². The fourth-order valence-corrected chi connectivity index (χ4v) is 2.00. The van der Waals surface area contributed by atoms with Gasteiger partial charge in [-0.05, 0) is 31.0 Å². The highest BCUT2D eigenvalue weighted by atomic mass is 35.6. The highest BCUT2D eigenvalue weighted by Gasteiger charge is 2.26. The molecule has 0 amide bonds. The van der Waals surface area contributed by atoms with Crippen molar-refractivity contribution in [2.24, 2.45) is 0 Å². The number of aryl methyl sites for hydroxylation is 2. The summed E-state index contributed by atoms with van der Waals surface area (Å²) >= 11 is 17.1. The highest BCUT2D eigenvalue weighted by Crippen LogP contribution is 2.35. The molecule has 2 rings (SSSR count). The molecule has 0 bridgehead atoms. The fourth-order valence-electron chi connectivity index (χ4n) is 1.73. The van der Waals surface area contributed by atoms with Gasteiger partial charge in [0.1, 0.15) is 0 Å². The quantitative estimate of drug-likeness (QED) is 0.756. The second-order valence-electron chi connectivity index (χ2n) is 3.89. The minimum absolute atomic E-state index is 0.0342. The molecule has 6 heteroatoms. The van der Waals surface area contributed by atoms with Crippen LogP contribution < -0.4 is 5.56 Å². The van der Waals surface area contributed by atoms with Crippen molar-refractivity contribution >= 4 is 45.7 Å². The second kappa shape index (κ2) is 4.16. The summed E-state index contributed by atoms with van der Waals surface area (Å²) in [5.41, 5.74) is 2.12. The summed E-state index contributed by atoms with van der Waals surface area (Å²) in [6.45, 7) is 3.78. The molecule has 1 aromatic heterocycles. The van der Waals surface area contributed by atoms with Crippen LogP contribution in [0.15, 0.2) is 16.9 Å². The van der Waals surface area contributed by atoms with Crippen molar-refractivity contribution < 1.29 is 0 Å². The third kappa shape index (κ3) is 2.41. The summed E-state index contributed by atoms with van der Waals surface area (Å²) < 4.78 is -1.73. The van der Waals surface area contributed by atoms with Crippen molar-refractivity contribution in [3.63, 3.8) is 0 Å². The monoisotopic (exact) mass is 290 g/mol. The third-order valence-corrected chi connectivity index (χ3v) is 2.95. The molecular weight excluding hydrogens is 282 g/mol. The minimum Gasteiger partial charge on any atom is -0.306 e. The number of alkyl halides is 3. The van der Waals surface area contributed by atoms with Gasteiger partial charge >= 0.3 is 0 Å². The summed E-state index contributed by atoms with van der Waals surface area (Å²) in [7, 11) is 0. The van der Waals surface area contributed by atoms with Crippen molar-refractivity contribution in [1.82, 2.24) is 9.97 Å². The van der Waals surface area contributed by atoms with Gasteiger partial charge in [0.05, 0.1) is 10.9 Å². The number of hydrogen-bond donors (Lipinski definition) is 1. The molecule has 0 aliphatic carbocycles. The average Bonchev–Trinajstić information content (AvgIpc) is 2.17. The van der Waals surface area contributed by atoms with Crippen molar-refractivity contribution in [3.8, 4) is 0 Å². The number of fused-ring (bicyclic) bond motifs is 1. The zero-order valence-corrected chi connectivity index (χ0v) is 11.4. The molecule has 3 nitrogen and oxygen atoms in total. The number of nitrogens with one attached hydrogen (secondary N) is 1. The van der Waals surface area contributed by atoms with Crippen molar-refractivity contribution in [1.29, 1.82) is 0 Å². The minimum atomic E-state index is -1.73. The number of hydrogen-bond acceptors (Lipinski definition) is 2. The zero-order valence-electron chi connectivity index (χ0n) is 9.14. The average molecular weight is 292 g/mol. The van der Waals surface area contributed by atoms with E-state index < -0.39 is 3.79 Å². The zero-order chi connectivity index (χ0) is 12.8. The van der Waals surface area contributed by atoms with E-state index in [4.69, 9.17) is 34.8 Å². The topological polar surface area (TPSA) is 45.8 Å². The van der Waals surface area contributed by atoms with E-state index in [1.807, 2.05) is 19.9 Å². The van der Waals surface area contributed by atoms with Crippen molar-refractivity contribution in [3.05, 3.63) is 39.4 Å². The van der Waals surface area contributed by atoms with E-state index in [-0.39, 0.29) is 11.4 Å². The van der Waals surface area contributed by atoms with Crippen molar-refractivity contribution in [2.45, 2.75) is 17.6 Å². The maximum absolute atomic E-state index is 11.9. The lowest BCUT2D eigenvalue weighted by molar-refractivity contribution is 0.972. The normalized spacial score (nSPS) is 12.1. The Kier molecular flexibility index (Phi) is 3.10. The number of benzene rings is 1. The molecule has 17 heavy (non-hydrogen) atoms. The predicted molar refractivity (Wildman–Crippen MR) is 71.1 cm³/mol. The lowest BCUT2D eigenvalue weighted by atomic mass is 10.1. The molecule has 90 valence electrons. The second-order valence-corrected chi connectivity index (χ2v) is 6.17. The predicted octanol–water partition coefficient (Wildman–Crippen LogP) is 3.37. The Morgan fingerprint density at radius 1 is 1.24 bits per heavy atom. The highest BCUT2D eigenvalue weighted by molar-refractivity contribution is 6.66. The van der Waals surface area contributed by atoms with Crippen LogP contribution >= 0.6 is 34.8 Å². The van der Waals surface area contributed by atoms with Gasteiger partial charge < -0.3 is 4.98 Å². The van der Waals surface area contributed by atoms with Crippen LogP contribution in [0.3, 0.4) is 0 Å². The molecule has 0 fully saturated rings. The van der Waals surface area contributed by atoms with Crippen LogP contribution in [0.2, 0.25) is 0 Å². The molecule has 1 N–H and O–H groups in total. The molecule has 2 aromatic rings. The first kappa shape index (κ1) is 12.7. The molecule has 0 aliphatic heterocycles. The van der Waals surface area contributed by atoms with Gasteiger partial charge in [0.25, 0.3) is 5.56 Å². The van der Waals surface area contributed by atoms with Gasteiger partial charge in [-0.25, -0.2) is 4.98 Å². The summed E-state index contributed by atoms with van der Waals surface area (Å²) in [5, 5.41) is 0.500. The number of H-pyrrole nitrogens is 1. The molecule has 0 aliphatic rings. The first-order chi connectivity index (χ1) is 7.79. The third-order valence-electron chi connectivity index (χ3n) is 2.41. The first-order valence-corrected chi connectivity index (χ1v) is 6.01. The number of nitrogens with zero attached hydrogens (tertiary/aromatic N) is 1. The summed E-state index contributed by atoms with van der Waals surface area (Å²) in [6, 6.07) is 3.69. The first-order valence-electron chi connectivity index (χ1n) is 4.87. The fraction of sp³-hybridized carbons (Fsp3) is 0.273. The number of rotatable bonds is 0. The Bertz CT molecular complexity index is 643. The van der Waals surface area contributed by atoms with E-state index in [1.165, 1.54) is 0 Å².